The topological polar surface area (TPSA) is 84.2 Å². The van der Waals surface area contributed by atoms with Crippen molar-refractivity contribution in [2.24, 2.45) is 0 Å². The molecule has 0 unspecified atom stereocenters. The zero-order valence-corrected chi connectivity index (χ0v) is 12.7. The van der Waals surface area contributed by atoms with Gasteiger partial charge in [-0.2, -0.15) is 5.10 Å². The largest absolute Gasteiger partial charge is 0.478 e. The maximum atomic E-state index is 12.2. The molecule has 0 aliphatic rings. The van der Waals surface area contributed by atoms with Crippen molar-refractivity contribution in [3.8, 4) is 0 Å². The van der Waals surface area contributed by atoms with Crippen LogP contribution >= 0.6 is 0 Å². The summed E-state index contributed by atoms with van der Waals surface area (Å²) in [5, 5.41) is 16.6. The second-order valence-corrected chi connectivity index (χ2v) is 5.20. The van der Waals surface area contributed by atoms with E-state index < -0.39 is 5.97 Å². The van der Waals surface area contributed by atoms with Crippen LogP contribution in [0.4, 0.5) is 5.69 Å². The van der Waals surface area contributed by atoms with Crippen LogP contribution in [-0.2, 0) is 16.1 Å². The molecule has 0 aliphatic heterocycles. The first-order chi connectivity index (χ1) is 11.6. The van der Waals surface area contributed by atoms with E-state index in [1.54, 1.807) is 35.1 Å². The number of para-hydroxylation sites is 1. The summed E-state index contributed by atoms with van der Waals surface area (Å²) in [6.45, 7) is 0.119. The van der Waals surface area contributed by atoms with Crippen molar-refractivity contribution in [3.05, 3.63) is 66.4 Å². The molecule has 3 aromatic rings. The molecule has 0 radical (unpaired) electrons. The molecule has 24 heavy (non-hydrogen) atoms. The summed E-state index contributed by atoms with van der Waals surface area (Å²) in [6.07, 6.45) is 4.28. The number of hydrogen-bond acceptors (Lipinski definition) is 3. The van der Waals surface area contributed by atoms with Crippen LogP contribution in [0.1, 0.15) is 5.56 Å². The van der Waals surface area contributed by atoms with Gasteiger partial charge in [0, 0.05) is 17.1 Å². The van der Waals surface area contributed by atoms with Crippen molar-refractivity contribution in [2.75, 3.05) is 5.32 Å². The molecular formula is C18H15N3O3. The van der Waals surface area contributed by atoms with Gasteiger partial charge in [-0.05, 0) is 29.8 Å². The lowest BCUT2D eigenvalue weighted by Gasteiger charge is -2.06. The summed E-state index contributed by atoms with van der Waals surface area (Å²) in [4.78, 5) is 22.6. The van der Waals surface area contributed by atoms with Crippen molar-refractivity contribution in [1.82, 2.24) is 9.78 Å². The Morgan fingerprint density at radius 3 is 2.62 bits per heavy atom. The molecule has 0 spiro atoms. The average molecular weight is 321 g/mol. The normalized spacial score (nSPS) is 11.0. The molecule has 6 heteroatoms. The number of carbonyl (C=O) groups excluding carboxylic acids is 1. The van der Waals surface area contributed by atoms with E-state index in [-0.39, 0.29) is 12.5 Å². The second-order valence-electron chi connectivity index (χ2n) is 5.20. The van der Waals surface area contributed by atoms with E-state index in [0.717, 1.165) is 22.5 Å². The first-order valence-corrected chi connectivity index (χ1v) is 7.33. The third-order valence-electron chi connectivity index (χ3n) is 3.46. The Labute approximate surface area is 138 Å². The molecule has 0 saturated carbocycles. The van der Waals surface area contributed by atoms with Crippen LogP contribution in [0.5, 0.6) is 0 Å². The Kier molecular flexibility index (Phi) is 4.38. The Bertz CT molecular complexity index is 911. The summed E-state index contributed by atoms with van der Waals surface area (Å²) in [5.41, 5.74) is 2.29. The van der Waals surface area contributed by atoms with Gasteiger partial charge in [0.2, 0.25) is 5.91 Å². The Hall–Kier alpha value is -3.41. The Morgan fingerprint density at radius 2 is 1.88 bits per heavy atom. The zero-order valence-electron chi connectivity index (χ0n) is 12.7. The van der Waals surface area contributed by atoms with Crippen molar-refractivity contribution in [3.63, 3.8) is 0 Å². The zero-order chi connectivity index (χ0) is 16.9. The smallest absolute Gasteiger partial charge is 0.328 e. The number of fused-ring (bicyclic) bond motifs is 1. The first-order valence-electron chi connectivity index (χ1n) is 7.33. The first kappa shape index (κ1) is 15.5. The van der Waals surface area contributed by atoms with Crippen LogP contribution in [0, 0.1) is 0 Å². The highest BCUT2D eigenvalue weighted by atomic mass is 16.4. The number of amides is 1. The monoisotopic (exact) mass is 321 g/mol. The molecule has 0 aliphatic carbocycles. The number of anilines is 1. The van der Waals surface area contributed by atoms with E-state index in [1.165, 1.54) is 6.08 Å². The van der Waals surface area contributed by atoms with Gasteiger partial charge < -0.3 is 10.4 Å². The molecule has 0 atom stereocenters. The van der Waals surface area contributed by atoms with Gasteiger partial charge >= 0.3 is 5.97 Å². The molecule has 0 fully saturated rings. The minimum Gasteiger partial charge on any atom is -0.478 e. The fourth-order valence-electron chi connectivity index (χ4n) is 2.33. The van der Waals surface area contributed by atoms with E-state index in [2.05, 4.69) is 10.4 Å². The maximum Gasteiger partial charge on any atom is 0.328 e. The molecule has 6 nitrogen and oxygen atoms in total. The molecule has 0 saturated heterocycles. The van der Waals surface area contributed by atoms with Gasteiger partial charge in [0.25, 0.3) is 0 Å². The molecule has 1 heterocycles. The van der Waals surface area contributed by atoms with E-state index in [9.17, 15) is 9.59 Å². The van der Waals surface area contributed by atoms with Crippen molar-refractivity contribution in [1.29, 1.82) is 0 Å². The Balaban J connectivity index is 1.65. The minimum atomic E-state index is -1.00. The number of carbonyl (C=O) groups is 2. The summed E-state index contributed by atoms with van der Waals surface area (Å²) < 4.78 is 1.65. The average Bonchev–Trinajstić information content (AvgIpc) is 2.97. The molecule has 1 amide bonds. The van der Waals surface area contributed by atoms with Crippen LogP contribution in [0.2, 0.25) is 0 Å². The molecule has 120 valence electrons. The SMILES string of the molecule is O=C(O)/C=C/c1ccc(NC(=O)Cn2ncc3ccccc32)cc1. The predicted octanol–water partition coefficient (Wildman–Crippen LogP) is 2.77. The van der Waals surface area contributed by atoms with Crippen LogP contribution < -0.4 is 5.32 Å². The van der Waals surface area contributed by atoms with Crippen molar-refractivity contribution >= 4 is 34.5 Å². The van der Waals surface area contributed by atoms with Crippen molar-refractivity contribution < 1.29 is 14.7 Å². The van der Waals surface area contributed by atoms with Gasteiger partial charge in [-0.25, -0.2) is 4.79 Å². The molecule has 2 N–H and O–H groups in total. The van der Waals surface area contributed by atoms with E-state index in [0.29, 0.717) is 5.69 Å². The van der Waals surface area contributed by atoms with Gasteiger partial charge in [-0.15, -0.1) is 0 Å². The summed E-state index contributed by atoms with van der Waals surface area (Å²) in [6, 6.07) is 14.6. The maximum absolute atomic E-state index is 12.2. The van der Waals surface area contributed by atoms with Crippen LogP contribution in [-0.4, -0.2) is 26.8 Å². The van der Waals surface area contributed by atoms with E-state index in [1.807, 2.05) is 24.3 Å². The lowest BCUT2D eigenvalue weighted by atomic mass is 10.2. The lowest BCUT2D eigenvalue weighted by molar-refractivity contribution is -0.131. The second kappa shape index (κ2) is 6.78. The Morgan fingerprint density at radius 1 is 1.12 bits per heavy atom. The molecule has 3 rings (SSSR count). The fraction of sp³-hybridized carbons (Fsp3) is 0.0556. The van der Waals surface area contributed by atoms with Gasteiger partial charge in [0.05, 0.1) is 11.7 Å². The number of rotatable bonds is 5. The number of aromatic nitrogens is 2. The third-order valence-corrected chi connectivity index (χ3v) is 3.46. The minimum absolute atomic E-state index is 0.119. The molecule has 0 bridgehead atoms. The third kappa shape index (κ3) is 3.67. The van der Waals surface area contributed by atoms with E-state index >= 15 is 0 Å². The number of nitrogens with zero attached hydrogens (tertiary/aromatic N) is 2. The fourth-order valence-corrected chi connectivity index (χ4v) is 2.33. The number of nitrogens with one attached hydrogen (secondary N) is 1. The molecule has 1 aromatic heterocycles. The van der Waals surface area contributed by atoms with Crippen molar-refractivity contribution in [2.45, 2.75) is 6.54 Å². The van der Waals surface area contributed by atoms with Crippen LogP contribution in [0.3, 0.4) is 0 Å². The van der Waals surface area contributed by atoms with E-state index in [4.69, 9.17) is 5.11 Å². The lowest BCUT2D eigenvalue weighted by Crippen LogP contribution is -2.19. The highest BCUT2D eigenvalue weighted by molar-refractivity contribution is 5.92. The molecule has 2 aromatic carbocycles. The van der Waals surface area contributed by atoms with Gasteiger partial charge in [0.15, 0.2) is 0 Å². The summed E-state index contributed by atoms with van der Waals surface area (Å²) in [7, 11) is 0. The highest BCUT2D eigenvalue weighted by Gasteiger charge is 2.07. The standard InChI is InChI=1S/C18H15N3O3/c22-17(12-21-16-4-2-1-3-14(16)11-19-21)20-15-8-5-13(6-9-15)7-10-18(23)24/h1-11H,12H2,(H,20,22)(H,23,24)/b10-7+. The summed E-state index contributed by atoms with van der Waals surface area (Å²) >= 11 is 0. The predicted molar refractivity (Wildman–Crippen MR) is 91.5 cm³/mol. The quantitative estimate of drug-likeness (QED) is 0.708. The number of carboxylic acid groups (broad SMARTS) is 1. The van der Waals surface area contributed by atoms with Gasteiger partial charge in [-0.1, -0.05) is 30.3 Å². The van der Waals surface area contributed by atoms with Crippen LogP contribution in [0.25, 0.3) is 17.0 Å². The van der Waals surface area contributed by atoms with Gasteiger partial charge in [-0.3, -0.25) is 9.48 Å². The molecular weight excluding hydrogens is 306 g/mol. The van der Waals surface area contributed by atoms with Crippen LogP contribution in [0.15, 0.2) is 60.8 Å². The summed E-state index contributed by atoms with van der Waals surface area (Å²) in [5.74, 6) is -1.18. The highest BCUT2D eigenvalue weighted by Crippen LogP contribution is 2.14. The number of benzene rings is 2. The number of carboxylic acids is 1. The number of aliphatic carboxylic acids is 1. The number of hydrogen-bond donors (Lipinski definition) is 2. The van der Waals surface area contributed by atoms with Gasteiger partial charge in [0.1, 0.15) is 6.54 Å².